The Balaban J connectivity index is 1.70. The van der Waals surface area contributed by atoms with Crippen LogP contribution in [-0.4, -0.2) is 54.6 Å². The van der Waals surface area contributed by atoms with Crippen molar-refractivity contribution in [1.29, 1.82) is 0 Å². The van der Waals surface area contributed by atoms with Crippen molar-refractivity contribution in [2.24, 2.45) is 5.73 Å². The normalized spacial score (nSPS) is 24.8. The molecule has 0 bridgehead atoms. The van der Waals surface area contributed by atoms with Gasteiger partial charge in [0.2, 0.25) is 0 Å². The summed E-state index contributed by atoms with van der Waals surface area (Å²) in [5.41, 5.74) is 5.97. The molecule has 2 N–H and O–H groups in total. The summed E-state index contributed by atoms with van der Waals surface area (Å²) < 4.78 is 0. The molecule has 3 nitrogen and oxygen atoms in total. The van der Waals surface area contributed by atoms with Gasteiger partial charge in [-0.2, -0.15) is 0 Å². The van der Waals surface area contributed by atoms with Gasteiger partial charge in [-0.1, -0.05) is 12.8 Å². The topological polar surface area (TPSA) is 32.5 Å². The van der Waals surface area contributed by atoms with E-state index >= 15 is 0 Å². The SMILES string of the molecule is CCC#CCN1CCC(N2CCC(N)CC2)CC1. The van der Waals surface area contributed by atoms with E-state index in [4.69, 9.17) is 5.73 Å². The summed E-state index contributed by atoms with van der Waals surface area (Å²) in [6, 6.07) is 1.25. The summed E-state index contributed by atoms with van der Waals surface area (Å²) in [5.74, 6) is 6.41. The van der Waals surface area contributed by atoms with Crippen LogP contribution in [0, 0.1) is 11.8 Å². The van der Waals surface area contributed by atoms with Crippen LogP contribution in [0.15, 0.2) is 0 Å². The van der Waals surface area contributed by atoms with E-state index < -0.39 is 0 Å². The van der Waals surface area contributed by atoms with Crippen LogP contribution in [0.1, 0.15) is 39.0 Å². The molecule has 0 saturated carbocycles. The van der Waals surface area contributed by atoms with Gasteiger partial charge in [-0.3, -0.25) is 4.90 Å². The molecule has 2 rings (SSSR count). The summed E-state index contributed by atoms with van der Waals surface area (Å²) in [4.78, 5) is 5.16. The van der Waals surface area contributed by atoms with Crippen molar-refractivity contribution in [2.45, 2.75) is 51.1 Å². The highest BCUT2D eigenvalue weighted by atomic mass is 15.2. The van der Waals surface area contributed by atoms with Crippen LogP contribution in [0.4, 0.5) is 0 Å². The highest BCUT2D eigenvalue weighted by Gasteiger charge is 2.26. The molecule has 0 aromatic carbocycles. The first-order chi connectivity index (χ1) is 8.79. The number of hydrogen-bond acceptors (Lipinski definition) is 3. The van der Waals surface area contributed by atoms with Crippen molar-refractivity contribution >= 4 is 0 Å². The van der Waals surface area contributed by atoms with Crippen molar-refractivity contribution < 1.29 is 0 Å². The number of likely N-dealkylation sites (tertiary alicyclic amines) is 2. The summed E-state index contributed by atoms with van der Waals surface area (Å²) in [6.07, 6.45) is 5.96. The average Bonchev–Trinajstić information content (AvgIpc) is 2.41. The van der Waals surface area contributed by atoms with Gasteiger partial charge in [0.1, 0.15) is 0 Å². The maximum absolute atomic E-state index is 5.97. The van der Waals surface area contributed by atoms with E-state index in [1.165, 1.54) is 51.9 Å². The molecule has 3 heteroatoms. The molecule has 102 valence electrons. The Hall–Kier alpha value is -0.560. The first-order valence-electron chi connectivity index (χ1n) is 7.47. The zero-order chi connectivity index (χ0) is 12.8. The van der Waals surface area contributed by atoms with Crippen LogP contribution in [-0.2, 0) is 0 Å². The van der Waals surface area contributed by atoms with E-state index in [1.54, 1.807) is 0 Å². The molecule has 0 radical (unpaired) electrons. The Labute approximate surface area is 112 Å². The fraction of sp³-hybridized carbons (Fsp3) is 0.867. The third-order valence-electron chi connectivity index (χ3n) is 4.25. The average molecular weight is 249 g/mol. The summed E-state index contributed by atoms with van der Waals surface area (Å²) >= 11 is 0. The first-order valence-corrected chi connectivity index (χ1v) is 7.47. The minimum Gasteiger partial charge on any atom is -0.328 e. The molecule has 2 fully saturated rings. The van der Waals surface area contributed by atoms with Crippen molar-refractivity contribution in [3.05, 3.63) is 0 Å². The summed E-state index contributed by atoms with van der Waals surface area (Å²) in [7, 11) is 0. The van der Waals surface area contributed by atoms with E-state index in [-0.39, 0.29) is 0 Å². The van der Waals surface area contributed by atoms with Gasteiger partial charge in [0.05, 0.1) is 6.54 Å². The van der Waals surface area contributed by atoms with E-state index in [0.717, 1.165) is 19.0 Å². The van der Waals surface area contributed by atoms with Crippen LogP contribution in [0.5, 0.6) is 0 Å². The third kappa shape index (κ3) is 3.98. The molecular formula is C15H27N3. The summed E-state index contributed by atoms with van der Waals surface area (Å²) in [5, 5.41) is 0. The Morgan fingerprint density at radius 3 is 2.28 bits per heavy atom. The van der Waals surface area contributed by atoms with E-state index in [9.17, 15) is 0 Å². The molecule has 2 aliphatic heterocycles. The Morgan fingerprint density at radius 1 is 1.00 bits per heavy atom. The standard InChI is InChI=1S/C15H27N3/c1-2-3-4-9-17-10-7-15(8-11-17)18-12-5-14(16)6-13-18/h14-15H,2,5-13,16H2,1H3. The van der Waals surface area contributed by atoms with Crippen LogP contribution in [0.3, 0.4) is 0 Å². The lowest BCUT2D eigenvalue weighted by molar-refractivity contribution is 0.0930. The van der Waals surface area contributed by atoms with E-state index in [0.29, 0.717) is 6.04 Å². The minimum atomic E-state index is 0.450. The monoisotopic (exact) mass is 249 g/mol. The number of rotatable bonds is 2. The van der Waals surface area contributed by atoms with E-state index in [2.05, 4.69) is 28.6 Å². The third-order valence-corrected chi connectivity index (χ3v) is 4.25. The minimum absolute atomic E-state index is 0.450. The maximum atomic E-state index is 5.97. The van der Waals surface area contributed by atoms with Gasteiger partial charge in [-0.05, 0) is 38.8 Å². The molecule has 0 aliphatic carbocycles. The predicted octanol–water partition coefficient (Wildman–Crippen LogP) is 1.29. The van der Waals surface area contributed by atoms with Crippen molar-refractivity contribution in [3.63, 3.8) is 0 Å². The smallest absolute Gasteiger partial charge is 0.0601 e. The van der Waals surface area contributed by atoms with Gasteiger partial charge in [0.15, 0.2) is 0 Å². The zero-order valence-electron chi connectivity index (χ0n) is 11.7. The van der Waals surface area contributed by atoms with Gasteiger partial charge in [0.25, 0.3) is 0 Å². The van der Waals surface area contributed by atoms with Crippen molar-refractivity contribution in [1.82, 2.24) is 9.80 Å². The fourth-order valence-corrected chi connectivity index (χ4v) is 3.02. The second kappa shape index (κ2) is 7.13. The second-order valence-corrected chi connectivity index (χ2v) is 5.59. The highest BCUT2D eigenvalue weighted by molar-refractivity contribution is 5.01. The van der Waals surface area contributed by atoms with Gasteiger partial charge in [0, 0.05) is 31.6 Å². The number of piperidine rings is 2. The quantitative estimate of drug-likeness (QED) is 0.749. The zero-order valence-corrected chi connectivity index (χ0v) is 11.7. The van der Waals surface area contributed by atoms with Crippen LogP contribution >= 0.6 is 0 Å². The van der Waals surface area contributed by atoms with Gasteiger partial charge in [-0.15, -0.1) is 5.92 Å². The Kier molecular flexibility index (Phi) is 5.49. The number of nitrogens with zero attached hydrogens (tertiary/aromatic N) is 2. The molecule has 2 aliphatic rings. The van der Waals surface area contributed by atoms with Gasteiger partial charge < -0.3 is 10.6 Å². The van der Waals surface area contributed by atoms with Crippen LogP contribution in [0.2, 0.25) is 0 Å². The van der Waals surface area contributed by atoms with Crippen molar-refractivity contribution in [3.8, 4) is 11.8 Å². The molecule has 0 atom stereocenters. The molecular weight excluding hydrogens is 222 g/mol. The lowest BCUT2D eigenvalue weighted by Gasteiger charge is -2.40. The number of nitrogens with two attached hydrogens (primary N) is 1. The molecule has 18 heavy (non-hydrogen) atoms. The first kappa shape index (κ1) is 13.9. The molecule has 2 heterocycles. The molecule has 0 aromatic heterocycles. The lowest BCUT2D eigenvalue weighted by atomic mass is 9.98. The van der Waals surface area contributed by atoms with Crippen LogP contribution < -0.4 is 5.73 Å². The van der Waals surface area contributed by atoms with Crippen LogP contribution in [0.25, 0.3) is 0 Å². The van der Waals surface area contributed by atoms with Crippen molar-refractivity contribution in [2.75, 3.05) is 32.7 Å². The van der Waals surface area contributed by atoms with Gasteiger partial charge >= 0.3 is 0 Å². The highest BCUT2D eigenvalue weighted by Crippen LogP contribution is 2.20. The Morgan fingerprint density at radius 2 is 1.67 bits per heavy atom. The maximum Gasteiger partial charge on any atom is 0.0601 e. The molecule has 2 saturated heterocycles. The molecule has 0 aromatic rings. The Bertz CT molecular complexity index is 289. The molecule has 0 unspecified atom stereocenters. The largest absolute Gasteiger partial charge is 0.328 e. The van der Waals surface area contributed by atoms with Gasteiger partial charge in [-0.25, -0.2) is 0 Å². The predicted molar refractivity (Wildman–Crippen MR) is 76.3 cm³/mol. The summed E-state index contributed by atoms with van der Waals surface area (Å²) in [6.45, 7) is 7.92. The molecule has 0 spiro atoms. The second-order valence-electron chi connectivity index (χ2n) is 5.59. The fourth-order valence-electron chi connectivity index (χ4n) is 3.02. The molecule has 0 amide bonds. The van der Waals surface area contributed by atoms with E-state index in [1.807, 2.05) is 0 Å². The number of hydrogen-bond donors (Lipinski definition) is 1. The lowest BCUT2D eigenvalue weighted by Crippen LogP contribution is -2.49.